The summed E-state index contributed by atoms with van der Waals surface area (Å²) in [6, 6.07) is 4.04. The SMILES string of the molecule is Cc1ccc2c(c1O)C[C@@H](C1CCN(CC(C)C)CC1)O[C@H]2CN.Cl.Cl. The first-order valence-electron chi connectivity index (χ1n) is 9.38. The highest BCUT2D eigenvalue weighted by Crippen LogP contribution is 2.40. The average molecular weight is 405 g/mol. The maximum Gasteiger partial charge on any atom is 0.122 e. The molecule has 2 aliphatic heterocycles. The second-order valence-corrected chi connectivity index (χ2v) is 7.93. The predicted octanol–water partition coefficient (Wildman–Crippen LogP) is 3.85. The number of nitrogens with two attached hydrogens (primary N) is 1. The number of aromatic hydroxyl groups is 1. The van der Waals surface area contributed by atoms with Crippen LogP contribution in [0.5, 0.6) is 5.75 Å². The predicted molar refractivity (Wildman–Crippen MR) is 112 cm³/mol. The van der Waals surface area contributed by atoms with Gasteiger partial charge in [0.25, 0.3) is 0 Å². The summed E-state index contributed by atoms with van der Waals surface area (Å²) in [5, 5.41) is 10.5. The number of rotatable bonds is 4. The normalized spacial score (nSPS) is 23.9. The molecule has 4 nitrogen and oxygen atoms in total. The minimum absolute atomic E-state index is 0. The first-order chi connectivity index (χ1) is 11.5. The number of nitrogens with zero attached hydrogens (tertiary/aromatic N) is 1. The third kappa shape index (κ3) is 5.05. The summed E-state index contributed by atoms with van der Waals surface area (Å²) in [6.07, 6.45) is 3.26. The Hall–Kier alpha value is -0.520. The van der Waals surface area contributed by atoms with Crippen molar-refractivity contribution in [1.29, 1.82) is 0 Å². The number of phenolic OH excluding ortho intramolecular Hbond substituents is 1. The van der Waals surface area contributed by atoms with Gasteiger partial charge in [-0.1, -0.05) is 26.0 Å². The van der Waals surface area contributed by atoms with Gasteiger partial charge in [-0.25, -0.2) is 0 Å². The molecule has 2 aliphatic rings. The molecular weight excluding hydrogens is 371 g/mol. The maximum atomic E-state index is 10.5. The van der Waals surface area contributed by atoms with Crippen molar-refractivity contribution in [2.75, 3.05) is 26.2 Å². The van der Waals surface area contributed by atoms with E-state index in [9.17, 15) is 5.11 Å². The Morgan fingerprint density at radius 1 is 1.23 bits per heavy atom. The van der Waals surface area contributed by atoms with Gasteiger partial charge in [-0.2, -0.15) is 0 Å². The molecule has 1 aromatic rings. The van der Waals surface area contributed by atoms with Crippen molar-refractivity contribution in [2.24, 2.45) is 17.6 Å². The van der Waals surface area contributed by atoms with Crippen molar-refractivity contribution >= 4 is 24.8 Å². The minimum atomic E-state index is -0.0843. The zero-order chi connectivity index (χ0) is 17.3. The number of likely N-dealkylation sites (tertiary alicyclic amines) is 1. The minimum Gasteiger partial charge on any atom is -0.507 e. The van der Waals surface area contributed by atoms with E-state index in [1.165, 1.54) is 19.4 Å². The highest BCUT2D eigenvalue weighted by atomic mass is 35.5. The topological polar surface area (TPSA) is 58.7 Å². The van der Waals surface area contributed by atoms with Crippen LogP contribution in [0.2, 0.25) is 0 Å². The van der Waals surface area contributed by atoms with E-state index in [0.717, 1.165) is 42.1 Å². The van der Waals surface area contributed by atoms with Crippen LogP contribution >= 0.6 is 24.8 Å². The Bertz CT molecular complexity index is 575. The lowest BCUT2D eigenvalue weighted by Crippen LogP contribution is -2.43. The second-order valence-electron chi connectivity index (χ2n) is 7.93. The Morgan fingerprint density at radius 3 is 2.46 bits per heavy atom. The van der Waals surface area contributed by atoms with Crippen LogP contribution in [-0.2, 0) is 11.2 Å². The third-order valence-corrected chi connectivity index (χ3v) is 5.61. The number of ether oxygens (including phenoxy) is 1. The van der Waals surface area contributed by atoms with Crippen molar-refractivity contribution in [2.45, 2.75) is 52.2 Å². The summed E-state index contributed by atoms with van der Waals surface area (Å²) in [4.78, 5) is 2.57. The van der Waals surface area contributed by atoms with Crippen molar-refractivity contribution in [3.05, 3.63) is 28.8 Å². The van der Waals surface area contributed by atoms with Crippen LogP contribution in [0, 0.1) is 18.8 Å². The van der Waals surface area contributed by atoms with E-state index in [0.29, 0.717) is 18.2 Å². The highest BCUT2D eigenvalue weighted by molar-refractivity contribution is 5.85. The van der Waals surface area contributed by atoms with Crippen LogP contribution in [0.1, 0.15) is 49.5 Å². The molecule has 150 valence electrons. The van der Waals surface area contributed by atoms with E-state index in [1.807, 2.05) is 13.0 Å². The zero-order valence-electron chi connectivity index (χ0n) is 16.1. The Kier molecular flexibility index (Phi) is 9.17. The van der Waals surface area contributed by atoms with Crippen LogP contribution in [0.4, 0.5) is 0 Å². The van der Waals surface area contributed by atoms with Gasteiger partial charge in [0.05, 0.1) is 12.2 Å². The summed E-state index contributed by atoms with van der Waals surface area (Å²) in [6.45, 7) is 10.5. The van der Waals surface area contributed by atoms with Gasteiger partial charge in [0.2, 0.25) is 0 Å². The number of fused-ring (bicyclic) bond motifs is 1. The lowest BCUT2D eigenvalue weighted by atomic mass is 9.83. The monoisotopic (exact) mass is 404 g/mol. The first kappa shape index (κ1) is 23.5. The summed E-state index contributed by atoms with van der Waals surface area (Å²) in [5.41, 5.74) is 9.04. The number of hydrogen-bond donors (Lipinski definition) is 2. The molecule has 2 atom stereocenters. The van der Waals surface area contributed by atoms with Crippen molar-refractivity contribution in [3.63, 3.8) is 0 Å². The number of aryl methyl sites for hydroxylation is 1. The fourth-order valence-corrected chi connectivity index (χ4v) is 4.30. The van der Waals surface area contributed by atoms with E-state index in [-0.39, 0.29) is 37.0 Å². The molecule has 0 aliphatic carbocycles. The molecule has 3 rings (SSSR count). The lowest BCUT2D eigenvalue weighted by Gasteiger charge is -2.40. The number of benzene rings is 1. The fourth-order valence-electron chi connectivity index (χ4n) is 4.30. The van der Waals surface area contributed by atoms with Gasteiger partial charge < -0.3 is 20.5 Å². The van der Waals surface area contributed by atoms with Gasteiger partial charge in [-0.05, 0) is 55.8 Å². The van der Waals surface area contributed by atoms with Crippen molar-refractivity contribution in [1.82, 2.24) is 4.90 Å². The molecule has 0 aromatic heterocycles. The molecule has 1 aromatic carbocycles. The molecule has 6 heteroatoms. The van der Waals surface area contributed by atoms with Gasteiger partial charge in [0.15, 0.2) is 0 Å². The largest absolute Gasteiger partial charge is 0.507 e. The number of hydrogen-bond acceptors (Lipinski definition) is 4. The molecule has 26 heavy (non-hydrogen) atoms. The summed E-state index contributed by atoms with van der Waals surface area (Å²) >= 11 is 0. The van der Waals surface area contributed by atoms with E-state index in [1.54, 1.807) is 0 Å². The van der Waals surface area contributed by atoms with Crippen molar-refractivity contribution in [3.8, 4) is 5.75 Å². The number of halogens is 2. The van der Waals surface area contributed by atoms with Crippen LogP contribution in [0.3, 0.4) is 0 Å². The standard InChI is InChI=1S/C20H32N2O2.2ClH/c1-13(2)12-22-8-6-15(7-9-22)18-10-17-16(19(11-21)24-18)5-4-14(3)20(17)23;;/h4-5,13,15,18-19,23H,6-12,21H2,1-3H3;2*1H/t18-,19-;;/m0../s1. The molecule has 2 heterocycles. The summed E-state index contributed by atoms with van der Waals surface area (Å²) < 4.78 is 6.36. The molecule has 1 fully saturated rings. The summed E-state index contributed by atoms with van der Waals surface area (Å²) in [7, 11) is 0. The van der Waals surface area contributed by atoms with Crippen LogP contribution in [-0.4, -0.2) is 42.3 Å². The van der Waals surface area contributed by atoms with E-state index < -0.39 is 0 Å². The smallest absolute Gasteiger partial charge is 0.122 e. The van der Waals surface area contributed by atoms with Gasteiger partial charge in [-0.3, -0.25) is 0 Å². The van der Waals surface area contributed by atoms with Gasteiger partial charge in [0, 0.05) is 25.1 Å². The molecule has 1 saturated heterocycles. The van der Waals surface area contributed by atoms with E-state index >= 15 is 0 Å². The zero-order valence-corrected chi connectivity index (χ0v) is 17.7. The van der Waals surface area contributed by atoms with Gasteiger partial charge in [-0.15, -0.1) is 24.8 Å². The molecule has 0 amide bonds. The Labute approximate surface area is 170 Å². The van der Waals surface area contributed by atoms with Crippen molar-refractivity contribution < 1.29 is 9.84 Å². The quantitative estimate of drug-likeness (QED) is 0.799. The van der Waals surface area contributed by atoms with E-state index in [4.69, 9.17) is 10.5 Å². The van der Waals surface area contributed by atoms with Gasteiger partial charge >= 0.3 is 0 Å². The van der Waals surface area contributed by atoms with Gasteiger partial charge in [0.1, 0.15) is 5.75 Å². The van der Waals surface area contributed by atoms with Crippen LogP contribution < -0.4 is 5.73 Å². The molecule has 0 bridgehead atoms. The lowest BCUT2D eigenvalue weighted by molar-refractivity contribution is -0.0651. The highest BCUT2D eigenvalue weighted by Gasteiger charge is 2.35. The molecule has 3 N–H and O–H groups in total. The molecule has 0 radical (unpaired) electrons. The van der Waals surface area contributed by atoms with Crippen LogP contribution in [0.15, 0.2) is 12.1 Å². The van der Waals surface area contributed by atoms with Crippen LogP contribution in [0.25, 0.3) is 0 Å². The maximum absolute atomic E-state index is 10.5. The third-order valence-electron chi connectivity index (χ3n) is 5.61. The Balaban J connectivity index is 0.00000169. The number of piperidine rings is 1. The number of phenols is 1. The molecule has 0 unspecified atom stereocenters. The average Bonchev–Trinajstić information content (AvgIpc) is 2.57. The first-order valence-corrected chi connectivity index (χ1v) is 9.38. The second kappa shape index (κ2) is 10.1. The molecule has 0 spiro atoms. The van der Waals surface area contributed by atoms with E-state index in [2.05, 4.69) is 24.8 Å². The summed E-state index contributed by atoms with van der Waals surface area (Å²) in [5.74, 6) is 1.73. The Morgan fingerprint density at radius 2 is 1.88 bits per heavy atom. The molecule has 0 saturated carbocycles. The molecular formula is C20H34Cl2N2O2. The fraction of sp³-hybridized carbons (Fsp3) is 0.700.